The molecule has 11 heavy (non-hydrogen) atoms. The Labute approximate surface area is 67.3 Å². The minimum atomic E-state index is -2.61. The Morgan fingerprint density at radius 3 is 2.45 bits per heavy atom. The van der Waals surface area contributed by atoms with Crippen LogP contribution < -0.4 is 0 Å². The van der Waals surface area contributed by atoms with Crippen molar-refractivity contribution in [1.29, 1.82) is 0 Å². The summed E-state index contributed by atoms with van der Waals surface area (Å²) >= 11 is 0. The summed E-state index contributed by atoms with van der Waals surface area (Å²) in [4.78, 5) is 0. The van der Waals surface area contributed by atoms with E-state index in [1.54, 1.807) is 0 Å². The average molecular weight is 183 g/mol. The molecular formula is C6H11F2NOS. The standard InChI is InChI=1S/C6H11F2NOS/c1-5(2)4-11(10)9-3-6(7)8/h3,5-6H,4H2,1-2H3/t11-/m0/s1. The number of hydrogen-bond donors (Lipinski definition) is 0. The van der Waals surface area contributed by atoms with Gasteiger partial charge in [-0.15, -0.1) is 0 Å². The summed E-state index contributed by atoms with van der Waals surface area (Å²) in [6.07, 6.45) is -2.19. The molecule has 0 aliphatic carbocycles. The molecule has 0 aliphatic rings. The lowest BCUT2D eigenvalue weighted by atomic mass is 10.3. The number of rotatable bonds is 4. The molecule has 0 aromatic rings. The zero-order valence-electron chi connectivity index (χ0n) is 6.46. The monoisotopic (exact) mass is 183 g/mol. The minimum absolute atomic E-state index is 0.214. The van der Waals surface area contributed by atoms with Crippen molar-refractivity contribution in [2.24, 2.45) is 10.3 Å². The van der Waals surface area contributed by atoms with Gasteiger partial charge in [-0.3, -0.25) is 0 Å². The molecule has 0 aromatic heterocycles. The summed E-state index contributed by atoms with van der Waals surface area (Å²) in [5, 5.41) is 0. The highest BCUT2D eigenvalue weighted by atomic mass is 32.2. The zero-order chi connectivity index (χ0) is 8.85. The lowest BCUT2D eigenvalue weighted by Crippen LogP contribution is -2.03. The van der Waals surface area contributed by atoms with Crippen LogP contribution >= 0.6 is 0 Å². The Kier molecular flexibility index (Phi) is 5.19. The third-order valence-electron chi connectivity index (χ3n) is 0.767. The smallest absolute Gasteiger partial charge is 0.235 e. The zero-order valence-corrected chi connectivity index (χ0v) is 7.28. The van der Waals surface area contributed by atoms with Crippen molar-refractivity contribution in [3.05, 3.63) is 0 Å². The summed E-state index contributed by atoms with van der Waals surface area (Å²) < 4.78 is 36.8. The second-order valence-electron chi connectivity index (χ2n) is 2.47. The molecular weight excluding hydrogens is 172 g/mol. The summed E-state index contributed by atoms with van der Waals surface area (Å²) in [7, 11) is -1.48. The largest absolute Gasteiger partial charge is 0.274 e. The topological polar surface area (TPSA) is 29.4 Å². The van der Waals surface area contributed by atoms with Gasteiger partial charge in [0.2, 0.25) is 0 Å². The number of halogens is 2. The molecule has 0 heterocycles. The molecule has 0 spiro atoms. The molecule has 0 rings (SSSR count). The van der Waals surface area contributed by atoms with Crippen molar-refractivity contribution in [2.75, 3.05) is 5.75 Å². The first kappa shape index (κ1) is 10.7. The van der Waals surface area contributed by atoms with E-state index in [2.05, 4.69) is 4.40 Å². The average Bonchev–Trinajstić information content (AvgIpc) is 1.82. The lowest BCUT2D eigenvalue weighted by molar-refractivity contribution is 0.232. The summed E-state index contributed by atoms with van der Waals surface area (Å²) in [5.41, 5.74) is 0. The van der Waals surface area contributed by atoms with Crippen molar-refractivity contribution in [3.8, 4) is 0 Å². The molecule has 2 nitrogen and oxygen atoms in total. The van der Waals surface area contributed by atoms with Crippen molar-refractivity contribution in [1.82, 2.24) is 0 Å². The highest BCUT2D eigenvalue weighted by Crippen LogP contribution is 1.97. The van der Waals surface area contributed by atoms with Gasteiger partial charge in [-0.1, -0.05) is 13.8 Å². The Morgan fingerprint density at radius 2 is 2.09 bits per heavy atom. The van der Waals surface area contributed by atoms with Crippen molar-refractivity contribution in [2.45, 2.75) is 20.3 Å². The highest BCUT2D eigenvalue weighted by molar-refractivity contribution is 7.83. The van der Waals surface area contributed by atoms with Crippen LogP contribution in [0.5, 0.6) is 0 Å². The highest BCUT2D eigenvalue weighted by Gasteiger charge is 2.01. The van der Waals surface area contributed by atoms with Gasteiger partial charge in [-0.2, -0.15) is 4.40 Å². The van der Waals surface area contributed by atoms with Gasteiger partial charge < -0.3 is 0 Å². The molecule has 0 saturated carbocycles. The predicted octanol–water partition coefficient (Wildman–Crippen LogP) is 1.64. The van der Waals surface area contributed by atoms with E-state index in [0.717, 1.165) is 0 Å². The van der Waals surface area contributed by atoms with Crippen LogP contribution in [0.1, 0.15) is 13.8 Å². The molecule has 0 N–H and O–H groups in total. The molecule has 0 aromatic carbocycles. The van der Waals surface area contributed by atoms with Crippen LogP contribution in [0.25, 0.3) is 0 Å². The summed E-state index contributed by atoms with van der Waals surface area (Å²) in [5.74, 6) is 0.550. The fraction of sp³-hybridized carbons (Fsp3) is 0.833. The van der Waals surface area contributed by atoms with Crippen LogP contribution in [0.15, 0.2) is 4.40 Å². The van der Waals surface area contributed by atoms with Crippen LogP contribution in [0.2, 0.25) is 0 Å². The van der Waals surface area contributed by atoms with Gasteiger partial charge in [0.05, 0.1) is 6.21 Å². The third kappa shape index (κ3) is 7.58. The van der Waals surface area contributed by atoms with E-state index < -0.39 is 17.4 Å². The van der Waals surface area contributed by atoms with Gasteiger partial charge in [0.1, 0.15) is 11.0 Å². The molecule has 0 amide bonds. The molecule has 0 fully saturated rings. The van der Waals surface area contributed by atoms with Gasteiger partial charge >= 0.3 is 0 Å². The van der Waals surface area contributed by atoms with Crippen LogP contribution in [-0.4, -0.2) is 22.6 Å². The molecule has 0 unspecified atom stereocenters. The van der Waals surface area contributed by atoms with E-state index in [1.807, 2.05) is 13.8 Å². The fourth-order valence-electron chi connectivity index (χ4n) is 0.442. The van der Waals surface area contributed by atoms with Gasteiger partial charge in [0.15, 0.2) is 0 Å². The van der Waals surface area contributed by atoms with Gasteiger partial charge in [-0.25, -0.2) is 13.0 Å². The van der Waals surface area contributed by atoms with Crippen molar-refractivity contribution >= 4 is 17.2 Å². The van der Waals surface area contributed by atoms with Gasteiger partial charge in [0.25, 0.3) is 6.43 Å². The van der Waals surface area contributed by atoms with E-state index in [9.17, 15) is 13.0 Å². The van der Waals surface area contributed by atoms with Crippen LogP contribution in [0, 0.1) is 5.92 Å². The predicted molar refractivity (Wildman–Crippen MR) is 42.3 cm³/mol. The lowest BCUT2D eigenvalue weighted by Gasteiger charge is -1.98. The normalized spacial score (nSPS) is 15.1. The third-order valence-corrected chi connectivity index (χ3v) is 2.08. The quantitative estimate of drug-likeness (QED) is 0.609. The van der Waals surface area contributed by atoms with Crippen LogP contribution in [0.4, 0.5) is 8.78 Å². The maximum absolute atomic E-state index is 11.4. The first-order valence-electron chi connectivity index (χ1n) is 3.23. The fourth-order valence-corrected chi connectivity index (χ4v) is 1.33. The molecule has 1 atom stereocenters. The Balaban J connectivity index is 3.69. The van der Waals surface area contributed by atoms with Gasteiger partial charge in [-0.05, 0) is 5.92 Å². The maximum atomic E-state index is 11.4. The Morgan fingerprint density at radius 1 is 1.55 bits per heavy atom. The molecule has 0 bridgehead atoms. The van der Waals surface area contributed by atoms with E-state index in [1.165, 1.54) is 0 Å². The molecule has 0 saturated heterocycles. The molecule has 0 radical (unpaired) electrons. The summed E-state index contributed by atoms with van der Waals surface area (Å²) in [6.45, 7) is 3.71. The van der Waals surface area contributed by atoms with Crippen LogP contribution in [0.3, 0.4) is 0 Å². The first-order valence-corrected chi connectivity index (χ1v) is 4.50. The van der Waals surface area contributed by atoms with Crippen LogP contribution in [-0.2, 0) is 11.0 Å². The number of nitrogens with zero attached hydrogens (tertiary/aromatic N) is 1. The Hall–Kier alpha value is -0.320. The first-order chi connectivity index (χ1) is 5.02. The minimum Gasteiger partial charge on any atom is -0.235 e. The van der Waals surface area contributed by atoms with Gasteiger partial charge in [0, 0.05) is 5.75 Å². The number of hydrogen-bond acceptors (Lipinski definition) is 1. The van der Waals surface area contributed by atoms with E-state index in [4.69, 9.17) is 0 Å². The van der Waals surface area contributed by atoms with Crippen molar-refractivity contribution in [3.63, 3.8) is 0 Å². The molecule has 66 valence electrons. The molecule has 5 heteroatoms. The Bertz CT molecular complexity index is 159. The van der Waals surface area contributed by atoms with E-state index >= 15 is 0 Å². The SMILES string of the molecule is CC(C)C[S@](=O)N=CC(F)F. The second-order valence-corrected chi connectivity index (χ2v) is 3.66. The molecule has 0 aliphatic heterocycles. The number of alkyl halides is 2. The second kappa shape index (κ2) is 5.35. The van der Waals surface area contributed by atoms with Crippen molar-refractivity contribution < 1.29 is 13.0 Å². The van der Waals surface area contributed by atoms with E-state index in [0.29, 0.717) is 12.0 Å². The maximum Gasteiger partial charge on any atom is 0.274 e. The van der Waals surface area contributed by atoms with E-state index in [-0.39, 0.29) is 5.92 Å². The summed E-state index contributed by atoms with van der Waals surface area (Å²) in [6, 6.07) is 0.